The molecule has 1 aromatic carbocycles. The van der Waals surface area contributed by atoms with Crippen molar-refractivity contribution in [2.75, 3.05) is 6.61 Å². The normalized spacial score (nSPS) is 19.7. The van der Waals surface area contributed by atoms with Gasteiger partial charge in [-0.15, -0.1) is 0 Å². The molecule has 0 spiro atoms. The van der Waals surface area contributed by atoms with Crippen molar-refractivity contribution in [3.63, 3.8) is 0 Å². The highest BCUT2D eigenvalue weighted by Crippen LogP contribution is 2.29. The number of carboxylic acids is 1. The summed E-state index contributed by atoms with van der Waals surface area (Å²) in [6.45, 7) is 3.92. The van der Waals surface area contributed by atoms with Crippen LogP contribution in [-0.4, -0.2) is 24.4 Å². The number of ether oxygens (including phenoxy) is 1. The molecular formula is C19H25N2O5-. The number of carbonyl (C=O) groups excluding carboxylic acids is 3. The Kier molecular flexibility index (Phi) is 7.00. The predicted molar refractivity (Wildman–Crippen MR) is 92.8 cm³/mol. The van der Waals surface area contributed by atoms with E-state index in [0.29, 0.717) is 24.5 Å². The van der Waals surface area contributed by atoms with E-state index in [2.05, 4.69) is 24.7 Å². The maximum atomic E-state index is 12.1. The van der Waals surface area contributed by atoms with Crippen molar-refractivity contribution in [1.82, 2.24) is 10.9 Å². The van der Waals surface area contributed by atoms with E-state index in [0.717, 1.165) is 12.8 Å². The van der Waals surface area contributed by atoms with Gasteiger partial charge in [0.05, 0.1) is 0 Å². The first kappa shape index (κ1) is 19.8. The van der Waals surface area contributed by atoms with E-state index in [4.69, 9.17) is 4.74 Å². The minimum absolute atomic E-state index is 0.254. The van der Waals surface area contributed by atoms with Crippen LogP contribution < -0.4 is 20.7 Å². The SMILES string of the molecule is CC(C)c1ccc(OCC(=O)NNC(=O)[C@@H]2CCCC[C@@H]2C(=O)[O-])cc1. The summed E-state index contributed by atoms with van der Waals surface area (Å²) < 4.78 is 5.37. The first-order valence-electron chi connectivity index (χ1n) is 8.90. The highest BCUT2D eigenvalue weighted by atomic mass is 16.5. The number of rotatable bonds is 6. The van der Waals surface area contributed by atoms with Crippen molar-refractivity contribution in [2.24, 2.45) is 11.8 Å². The number of hydrazine groups is 1. The molecule has 0 aromatic heterocycles. The molecular weight excluding hydrogens is 336 g/mol. The smallest absolute Gasteiger partial charge is 0.276 e. The van der Waals surface area contributed by atoms with Gasteiger partial charge in [-0.05, 0) is 36.5 Å². The lowest BCUT2D eigenvalue weighted by Gasteiger charge is -2.31. The van der Waals surface area contributed by atoms with E-state index in [9.17, 15) is 19.5 Å². The number of nitrogens with one attached hydrogen (secondary N) is 2. The molecule has 26 heavy (non-hydrogen) atoms. The van der Waals surface area contributed by atoms with Crippen LogP contribution in [0.2, 0.25) is 0 Å². The topological polar surface area (TPSA) is 108 Å². The van der Waals surface area contributed by atoms with Crippen molar-refractivity contribution < 1.29 is 24.2 Å². The van der Waals surface area contributed by atoms with E-state index >= 15 is 0 Å². The molecule has 1 aromatic rings. The lowest BCUT2D eigenvalue weighted by atomic mass is 9.79. The van der Waals surface area contributed by atoms with Gasteiger partial charge in [-0.3, -0.25) is 20.4 Å². The van der Waals surface area contributed by atoms with E-state index < -0.39 is 29.6 Å². The highest BCUT2D eigenvalue weighted by Gasteiger charge is 2.31. The zero-order valence-corrected chi connectivity index (χ0v) is 15.1. The Hall–Kier alpha value is -2.57. The molecule has 0 bridgehead atoms. The van der Waals surface area contributed by atoms with Gasteiger partial charge in [-0.25, -0.2) is 0 Å². The predicted octanol–water partition coefficient (Wildman–Crippen LogP) is 0.892. The summed E-state index contributed by atoms with van der Waals surface area (Å²) in [5.41, 5.74) is 5.72. The second-order valence-electron chi connectivity index (χ2n) is 6.87. The van der Waals surface area contributed by atoms with Gasteiger partial charge in [0, 0.05) is 17.8 Å². The second kappa shape index (κ2) is 9.22. The molecule has 0 unspecified atom stereocenters. The molecule has 0 aliphatic heterocycles. The Bertz CT molecular complexity index is 642. The second-order valence-corrected chi connectivity index (χ2v) is 6.87. The first-order chi connectivity index (χ1) is 12.4. The summed E-state index contributed by atoms with van der Waals surface area (Å²) in [4.78, 5) is 35.1. The maximum absolute atomic E-state index is 12.1. The number of aliphatic carboxylic acids is 1. The molecule has 7 nitrogen and oxygen atoms in total. The van der Waals surface area contributed by atoms with Crippen molar-refractivity contribution in [3.05, 3.63) is 29.8 Å². The lowest BCUT2D eigenvalue weighted by Crippen LogP contribution is -2.50. The zero-order valence-electron chi connectivity index (χ0n) is 15.1. The fourth-order valence-electron chi connectivity index (χ4n) is 3.08. The Morgan fingerprint density at radius 2 is 1.69 bits per heavy atom. The Labute approximate surface area is 153 Å². The molecule has 142 valence electrons. The molecule has 1 saturated carbocycles. The molecule has 1 aliphatic carbocycles. The Morgan fingerprint density at radius 3 is 2.27 bits per heavy atom. The van der Waals surface area contributed by atoms with Crippen molar-refractivity contribution in [1.29, 1.82) is 0 Å². The van der Waals surface area contributed by atoms with Crippen LogP contribution in [0.25, 0.3) is 0 Å². The van der Waals surface area contributed by atoms with Gasteiger partial charge in [0.25, 0.3) is 5.91 Å². The fraction of sp³-hybridized carbons (Fsp3) is 0.526. The Morgan fingerprint density at radius 1 is 1.08 bits per heavy atom. The van der Waals surface area contributed by atoms with Gasteiger partial charge in [0.15, 0.2) is 6.61 Å². The number of carbonyl (C=O) groups is 3. The summed E-state index contributed by atoms with van der Waals surface area (Å²) in [6, 6.07) is 7.44. The molecule has 1 fully saturated rings. The highest BCUT2D eigenvalue weighted by molar-refractivity contribution is 5.87. The van der Waals surface area contributed by atoms with Gasteiger partial charge in [-0.2, -0.15) is 0 Å². The molecule has 2 atom stereocenters. The molecule has 0 saturated heterocycles. The average molecular weight is 361 g/mol. The molecule has 2 N–H and O–H groups in total. The third kappa shape index (κ3) is 5.47. The monoisotopic (exact) mass is 361 g/mol. The van der Waals surface area contributed by atoms with Crippen LogP contribution in [0.5, 0.6) is 5.75 Å². The maximum Gasteiger partial charge on any atom is 0.276 e. The summed E-state index contributed by atoms with van der Waals surface area (Å²) >= 11 is 0. The van der Waals surface area contributed by atoms with Gasteiger partial charge in [0.1, 0.15) is 5.75 Å². The third-order valence-electron chi connectivity index (χ3n) is 4.65. The quantitative estimate of drug-likeness (QED) is 0.732. The molecule has 2 amide bonds. The minimum Gasteiger partial charge on any atom is -0.550 e. The molecule has 7 heteroatoms. The summed E-state index contributed by atoms with van der Waals surface area (Å²) in [6.07, 6.45) is 2.44. The molecule has 0 heterocycles. The number of carboxylic acid groups (broad SMARTS) is 1. The summed E-state index contributed by atoms with van der Waals surface area (Å²) in [5, 5.41) is 11.1. The van der Waals surface area contributed by atoms with Crippen LogP contribution in [0.1, 0.15) is 51.0 Å². The zero-order chi connectivity index (χ0) is 19.1. The standard InChI is InChI=1S/C19H26N2O5/c1-12(2)13-7-9-14(10-8-13)26-11-17(22)20-21-18(23)15-5-3-4-6-16(15)19(24)25/h7-10,12,15-16H,3-6,11H2,1-2H3,(H,20,22)(H,21,23)(H,24,25)/p-1/t15-,16+/m1/s1. The van der Waals surface area contributed by atoms with Crippen LogP contribution in [-0.2, 0) is 14.4 Å². The van der Waals surface area contributed by atoms with E-state index in [1.54, 1.807) is 12.1 Å². The van der Waals surface area contributed by atoms with E-state index in [-0.39, 0.29) is 6.61 Å². The first-order valence-corrected chi connectivity index (χ1v) is 8.90. The van der Waals surface area contributed by atoms with Gasteiger partial charge < -0.3 is 14.6 Å². The van der Waals surface area contributed by atoms with Crippen LogP contribution in [0.4, 0.5) is 0 Å². The van der Waals surface area contributed by atoms with Crippen LogP contribution in [0.15, 0.2) is 24.3 Å². The van der Waals surface area contributed by atoms with Crippen molar-refractivity contribution in [2.45, 2.75) is 45.4 Å². The lowest BCUT2D eigenvalue weighted by molar-refractivity contribution is -0.314. The third-order valence-corrected chi connectivity index (χ3v) is 4.65. The Balaban J connectivity index is 1.77. The number of hydrogen-bond donors (Lipinski definition) is 2. The van der Waals surface area contributed by atoms with Gasteiger partial charge >= 0.3 is 0 Å². The number of benzene rings is 1. The average Bonchev–Trinajstić information content (AvgIpc) is 2.64. The minimum atomic E-state index is -1.22. The summed E-state index contributed by atoms with van der Waals surface area (Å²) in [5.74, 6) is -2.77. The van der Waals surface area contributed by atoms with Crippen LogP contribution in [0.3, 0.4) is 0 Å². The van der Waals surface area contributed by atoms with Crippen molar-refractivity contribution in [3.8, 4) is 5.75 Å². The van der Waals surface area contributed by atoms with Crippen molar-refractivity contribution >= 4 is 17.8 Å². The van der Waals surface area contributed by atoms with E-state index in [1.165, 1.54) is 5.56 Å². The molecule has 1 aliphatic rings. The largest absolute Gasteiger partial charge is 0.550 e. The summed E-state index contributed by atoms with van der Waals surface area (Å²) in [7, 11) is 0. The fourth-order valence-corrected chi connectivity index (χ4v) is 3.08. The van der Waals surface area contributed by atoms with Gasteiger partial charge in [0.2, 0.25) is 5.91 Å². The number of amides is 2. The van der Waals surface area contributed by atoms with E-state index in [1.807, 2.05) is 12.1 Å². The van der Waals surface area contributed by atoms with Crippen LogP contribution >= 0.6 is 0 Å². The molecule has 2 rings (SSSR count). The van der Waals surface area contributed by atoms with Gasteiger partial charge in [-0.1, -0.05) is 38.8 Å². The number of hydrogen-bond acceptors (Lipinski definition) is 5. The van der Waals surface area contributed by atoms with Crippen LogP contribution in [0, 0.1) is 11.8 Å². The molecule has 0 radical (unpaired) electrons.